The van der Waals surface area contributed by atoms with E-state index in [1.54, 1.807) is 0 Å². The molecule has 1 fully saturated rings. The zero-order valence-corrected chi connectivity index (χ0v) is 15.3. The van der Waals surface area contributed by atoms with Gasteiger partial charge in [-0.25, -0.2) is 0 Å². The van der Waals surface area contributed by atoms with E-state index in [1.165, 1.54) is 37.9 Å². The third-order valence-corrected chi connectivity index (χ3v) is 4.83. The molecule has 4 heteroatoms. The van der Waals surface area contributed by atoms with Crippen LogP contribution in [0, 0.1) is 0 Å². The van der Waals surface area contributed by atoms with Gasteiger partial charge in [0.05, 0.1) is 0 Å². The van der Waals surface area contributed by atoms with Crippen molar-refractivity contribution in [1.29, 1.82) is 0 Å². The lowest BCUT2D eigenvalue weighted by Gasteiger charge is -2.26. The number of nitrogens with one attached hydrogen (secondary N) is 1. The maximum atomic E-state index is 12.2. The number of aryl methyl sites for hydroxylation is 1. The van der Waals surface area contributed by atoms with Crippen molar-refractivity contribution in [2.24, 2.45) is 0 Å². The van der Waals surface area contributed by atoms with Crippen molar-refractivity contribution in [2.45, 2.75) is 38.6 Å². The highest BCUT2D eigenvalue weighted by Crippen LogP contribution is 2.17. The van der Waals surface area contributed by atoms with E-state index >= 15 is 0 Å². The number of rotatable bonds is 6. The van der Waals surface area contributed by atoms with Gasteiger partial charge in [0.25, 0.3) is 0 Å². The number of nitrogens with zero attached hydrogens (tertiary/aromatic N) is 1. The molecule has 0 aliphatic carbocycles. The summed E-state index contributed by atoms with van der Waals surface area (Å²) in [6.45, 7) is 3.32. The molecular formula is C21H25ClN2O. The van der Waals surface area contributed by atoms with E-state index in [1.807, 2.05) is 36.4 Å². The van der Waals surface area contributed by atoms with Crippen LogP contribution in [0.15, 0.2) is 48.5 Å². The van der Waals surface area contributed by atoms with Crippen LogP contribution in [0.4, 0.5) is 5.69 Å². The Kier molecular flexibility index (Phi) is 6.48. The SMILES string of the molecule is O=C(CCc1cccc(Cl)c1)Nc1cccc(CN2CCCCC2)c1. The molecule has 0 atom stereocenters. The molecule has 1 aliphatic rings. The zero-order valence-electron chi connectivity index (χ0n) is 14.5. The molecule has 3 nitrogen and oxygen atoms in total. The van der Waals surface area contributed by atoms with Crippen LogP contribution in [0.1, 0.15) is 36.8 Å². The second-order valence-corrected chi connectivity index (χ2v) is 7.15. The van der Waals surface area contributed by atoms with E-state index in [-0.39, 0.29) is 5.91 Å². The van der Waals surface area contributed by atoms with Gasteiger partial charge in [-0.15, -0.1) is 0 Å². The number of carbonyl (C=O) groups excluding carboxylic acids is 1. The highest BCUT2D eigenvalue weighted by molar-refractivity contribution is 6.30. The van der Waals surface area contributed by atoms with Crippen molar-refractivity contribution in [1.82, 2.24) is 4.90 Å². The predicted octanol–water partition coefficient (Wildman–Crippen LogP) is 4.90. The number of piperidine rings is 1. The molecule has 1 N–H and O–H groups in total. The van der Waals surface area contributed by atoms with Crippen molar-refractivity contribution < 1.29 is 4.79 Å². The molecule has 132 valence electrons. The van der Waals surface area contributed by atoms with Crippen LogP contribution < -0.4 is 5.32 Å². The van der Waals surface area contributed by atoms with Gasteiger partial charge in [-0.2, -0.15) is 0 Å². The number of likely N-dealkylation sites (tertiary alicyclic amines) is 1. The Balaban J connectivity index is 1.51. The first-order valence-corrected chi connectivity index (χ1v) is 9.42. The maximum Gasteiger partial charge on any atom is 0.224 e. The van der Waals surface area contributed by atoms with Crippen LogP contribution in [0.2, 0.25) is 5.02 Å². The molecule has 1 saturated heterocycles. The molecule has 0 radical (unpaired) electrons. The van der Waals surface area contributed by atoms with E-state index in [4.69, 9.17) is 11.6 Å². The summed E-state index contributed by atoms with van der Waals surface area (Å²) >= 11 is 5.98. The van der Waals surface area contributed by atoms with Crippen molar-refractivity contribution >= 4 is 23.2 Å². The van der Waals surface area contributed by atoms with Gasteiger partial charge < -0.3 is 5.32 Å². The molecule has 0 unspecified atom stereocenters. The Bertz CT molecular complexity index is 711. The molecule has 0 spiro atoms. The van der Waals surface area contributed by atoms with E-state index < -0.39 is 0 Å². The Morgan fingerprint density at radius 2 is 1.76 bits per heavy atom. The van der Waals surface area contributed by atoms with Gasteiger partial charge in [-0.1, -0.05) is 42.3 Å². The van der Waals surface area contributed by atoms with Crippen LogP contribution in [0.3, 0.4) is 0 Å². The fourth-order valence-electron chi connectivity index (χ4n) is 3.30. The third kappa shape index (κ3) is 5.87. The topological polar surface area (TPSA) is 32.3 Å². The average molecular weight is 357 g/mol. The monoisotopic (exact) mass is 356 g/mol. The molecule has 0 aromatic heterocycles. The number of amides is 1. The second-order valence-electron chi connectivity index (χ2n) is 6.72. The minimum absolute atomic E-state index is 0.0371. The molecule has 2 aromatic carbocycles. The predicted molar refractivity (Wildman–Crippen MR) is 104 cm³/mol. The van der Waals surface area contributed by atoms with Crippen LogP contribution in [-0.2, 0) is 17.8 Å². The smallest absolute Gasteiger partial charge is 0.224 e. The summed E-state index contributed by atoms with van der Waals surface area (Å²) in [6, 6.07) is 15.9. The zero-order chi connectivity index (χ0) is 17.5. The largest absolute Gasteiger partial charge is 0.326 e. The van der Waals surface area contributed by atoms with Gasteiger partial charge in [0.15, 0.2) is 0 Å². The molecule has 0 saturated carbocycles. The summed E-state index contributed by atoms with van der Waals surface area (Å²) in [4.78, 5) is 14.7. The Labute approximate surface area is 155 Å². The first-order chi connectivity index (χ1) is 12.2. The summed E-state index contributed by atoms with van der Waals surface area (Å²) in [5, 5.41) is 3.73. The highest BCUT2D eigenvalue weighted by atomic mass is 35.5. The molecule has 1 amide bonds. The molecule has 0 bridgehead atoms. The van der Waals surface area contributed by atoms with Gasteiger partial charge in [0.1, 0.15) is 0 Å². The summed E-state index contributed by atoms with van der Waals surface area (Å²) in [5.41, 5.74) is 3.22. The summed E-state index contributed by atoms with van der Waals surface area (Å²) in [6.07, 6.45) is 5.08. The molecular weight excluding hydrogens is 332 g/mol. The van der Waals surface area contributed by atoms with E-state index in [9.17, 15) is 4.79 Å². The third-order valence-electron chi connectivity index (χ3n) is 4.60. The molecule has 25 heavy (non-hydrogen) atoms. The van der Waals surface area contributed by atoms with Gasteiger partial charge in [-0.05, 0) is 67.7 Å². The van der Waals surface area contributed by atoms with Gasteiger partial charge in [0.2, 0.25) is 5.91 Å². The lowest BCUT2D eigenvalue weighted by molar-refractivity contribution is -0.116. The molecule has 1 aliphatic heterocycles. The number of hydrogen-bond acceptors (Lipinski definition) is 2. The van der Waals surface area contributed by atoms with Crippen molar-refractivity contribution in [3.8, 4) is 0 Å². The number of carbonyl (C=O) groups is 1. The van der Waals surface area contributed by atoms with Crippen molar-refractivity contribution in [2.75, 3.05) is 18.4 Å². The minimum atomic E-state index is 0.0371. The first-order valence-electron chi connectivity index (χ1n) is 9.05. The normalized spacial score (nSPS) is 15.1. The van der Waals surface area contributed by atoms with Crippen molar-refractivity contribution in [3.63, 3.8) is 0 Å². The van der Waals surface area contributed by atoms with Crippen LogP contribution in [-0.4, -0.2) is 23.9 Å². The Morgan fingerprint density at radius 1 is 1.00 bits per heavy atom. The van der Waals surface area contributed by atoms with E-state index in [2.05, 4.69) is 22.3 Å². The molecule has 1 heterocycles. The van der Waals surface area contributed by atoms with Gasteiger partial charge in [0, 0.05) is 23.7 Å². The summed E-state index contributed by atoms with van der Waals surface area (Å²) in [5.74, 6) is 0.0371. The lowest BCUT2D eigenvalue weighted by Crippen LogP contribution is -2.29. The van der Waals surface area contributed by atoms with E-state index in [0.717, 1.165) is 17.8 Å². The number of anilines is 1. The van der Waals surface area contributed by atoms with Crippen LogP contribution >= 0.6 is 11.6 Å². The maximum absolute atomic E-state index is 12.2. The lowest BCUT2D eigenvalue weighted by atomic mass is 10.1. The van der Waals surface area contributed by atoms with Crippen LogP contribution in [0.5, 0.6) is 0 Å². The fraction of sp³-hybridized carbons (Fsp3) is 0.381. The minimum Gasteiger partial charge on any atom is -0.326 e. The van der Waals surface area contributed by atoms with E-state index in [0.29, 0.717) is 17.9 Å². The molecule has 3 rings (SSSR count). The van der Waals surface area contributed by atoms with Gasteiger partial charge >= 0.3 is 0 Å². The number of hydrogen-bond donors (Lipinski definition) is 1. The Hall–Kier alpha value is -1.84. The fourth-order valence-corrected chi connectivity index (χ4v) is 3.51. The first kappa shape index (κ1) is 18.0. The number of halogens is 1. The summed E-state index contributed by atoms with van der Waals surface area (Å²) in [7, 11) is 0. The quantitative estimate of drug-likeness (QED) is 0.798. The van der Waals surface area contributed by atoms with Crippen LogP contribution in [0.25, 0.3) is 0 Å². The van der Waals surface area contributed by atoms with Crippen molar-refractivity contribution in [3.05, 3.63) is 64.7 Å². The average Bonchev–Trinajstić information content (AvgIpc) is 2.61. The Morgan fingerprint density at radius 3 is 2.56 bits per heavy atom. The second kappa shape index (κ2) is 9.02. The number of benzene rings is 2. The standard InChI is InChI=1S/C21H25ClN2O/c22-19-8-4-6-17(14-19)10-11-21(25)23-20-9-5-7-18(15-20)16-24-12-2-1-3-13-24/h4-9,14-15H,1-3,10-13,16H2,(H,23,25). The summed E-state index contributed by atoms with van der Waals surface area (Å²) < 4.78 is 0. The highest BCUT2D eigenvalue weighted by Gasteiger charge is 2.11. The molecule has 2 aromatic rings. The van der Waals surface area contributed by atoms with Gasteiger partial charge in [-0.3, -0.25) is 9.69 Å².